The molecule has 0 atom stereocenters. The van der Waals surface area contributed by atoms with Gasteiger partial charge in [-0.05, 0) is 31.9 Å². The second-order valence-electron chi connectivity index (χ2n) is 7.52. The molecule has 6 heteroatoms. The molecule has 6 nitrogen and oxygen atoms in total. The lowest BCUT2D eigenvalue weighted by Gasteiger charge is -2.21. The predicted molar refractivity (Wildman–Crippen MR) is 118 cm³/mol. The minimum atomic E-state index is -0.274. The molecule has 166 valence electrons. The largest absolute Gasteiger partial charge is 0.496 e. The first-order valence-electron chi connectivity index (χ1n) is 10.4. The summed E-state index contributed by atoms with van der Waals surface area (Å²) in [5, 5.41) is 0. The Bertz CT molecular complexity index is 929. The molecule has 1 aliphatic heterocycles. The van der Waals surface area contributed by atoms with Gasteiger partial charge >= 0.3 is 5.97 Å². The van der Waals surface area contributed by atoms with Crippen LogP contribution in [0.15, 0.2) is 42.0 Å². The van der Waals surface area contributed by atoms with E-state index in [9.17, 15) is 4.79 Å². The molecule has 0 saturated heterocycles. The molecule has 1 heterocycles. The molecule has 0 saturated carbocycles. The van der Waals surface area contributed by atoms with Crippen molar-refractivity contribution in [1.29, 1.82) is 0 Å². The molecule has 2 aromatic rings. The van der Waals surface area contributed by atoms with Gasteiger partial charge in [-0.25, -0.2) is 0 Å². The molecular weight excluding hydrogens is 396 g/mol. The van der Waals surface area contributed by atoms with Crippen molar-refractivity contribution in [2.75, 3.05) is 27.4 Å². The fourth-order valence-electron chi connectivity index (χ4n) is 3.54. The number of hydrogen-bond donors (Lipinski definition) is 0. The van der Waals surface area contributed by atoms with Gasteiger partial charge < -0.3 is 23.7 Å². The average molecular weight is 427 g/mol. The van der Waals surface area contributed by atoms with Crippen LogP contribution >= 0.6 is 0 Å². The fraction of sp³-hybridized carbons (Fsp3) is 0.400. The quantitative estimate of drug-likeness (QED) is 0.407. The van der Waals surface area contributed by atoms with E-state index in [0.29, 0.717) is 49.1 Å². The first-order chi connectivity index (χ1) is 15.0. The van der Waals surface area contributed by atoms with E-state index < -0.39 is 0 Å². The summed E-state index contributed by atoms with van der Waals surface area (Å²) in [6.07, 6.45) is 3.20. The molecule has 0 N–H and O–H groups in total. The molecule has 2 aromatic carbocycles. The molecule has 0 fully saturated rings. The van der Waals surface area contributed by atoms with Gasteiger partial charge in [-0.3, -0.25) is 4.79 Å². The third kappa shape index (κ3) is 5.51. The van der Waals surface area contributed by atoms with Crippen LogP contribution in [-0.4, -0.2) is 33.4 Å². The maximum Gasteiger partial charge on any atom is 0.306 e. The Morgan fingerprint density at radius 1 is 1.06 bits per heavy atom. The molecule has 3 rings (SSSR count). The average Bonchev–Trinajstić information content (AvgIpc) is 3.25. The van der Waals surface area contributed by atoms with Crippen molar-refractivity contribution in [1.82, 2.24) is 0 Å². The van der Waals surface area contributed by atoms with Gasteiger partial charge in [-0.1, -0.05) is 35.9 Å². The van der Waals surface area contributed by atoms with Gasteiger partial charge in [-0.15, -0.1) is 0 Å². The normalized spacial score (nSPS) is 11.9. The van der Waals surface area contributed by atoms with E-state index in [2.05, 4.69) is 0 Å². The lowest BCUT2D eigenvalue weighted by atomic mass is 10.00. The lowest BCUT2D eigenvalue weighted by Crippen LogP contribution is -2.09. The number of rotatable bonds is 10. The summed E-state index contributed by atoms with van der Waals surface area (Å²) in [5.74, 6) is 2.15. The van der Waals surface area contributed by atoms with Gasteiger partial charge in [0.25, 0.3) is 0 Å². The Kier molecular flexibility index (Phi) is 7.82. The molecule has 31 heavy (non-hydrogen) atoms. The first kappa shape index (κ1) is 22.5. The van der Waals surface area contributed by atoms with Crippen molar-refractivity contribution in [2.24, 2.45) is 0 Å². The van der Waals surface area contributed by atoms with E-state index in [1.54, 1.807) is 14.2 Å². The molecule has 1 aliphatic rings. The van der Waals surface area contributed by atoms with Gasteiger partial charge in [-0.2, -0.15) is 0 Å². The number of methoxy groups -OCH3 is 2. The first-order valence-corrected chi connectivity index (χ1v) is 10.4. The number of carbonyl (C=O) groups is 1. The lowest BCUT2D eigenvalue weighted by molar-refractivity contribution is -0.142. The topological polar surface area (TPSA) is 63.2 Å². The summed E-state index contributed by atoms with van der Waals surface area (Å²) in [6.45, 7) is 5.12. The predicted octanol–water partition coefficient (Wildman–Crippen LogP) is 4.66. The molecule has 0 radical (unpaired) electrons. The van der Waals surface area contributed by atoms with Crippen molar-refractivity contribution in [3.05, 3.63) is 58.7 Å². The van der Waals surface area contributed by atoms with Gasteiger partial charge in [0, 0.05) is 24.0 Å². The number of ether oxygens (including phenoxy) is 5. The highest BCUT2D eigenvalue weighted by Crippen LogP contribution is 2.51. The summed E-state index contributed by atoms with van der Waals surface area (Å²) < 4.78 is 28.8. The highest BCUT2D eigenvalue weighted by molar-refractivity contribution is 5.72. The van der Waals surface area contributed by atoms with Crippen molar-refractivity contribution in [2.45, 2.75) is 39.7 Å². The zero-order chi connectivity index (χ0) is 22.2. The molecule has 0 amide bonds. The molecular formula is C25H30O6. The highest BCUT2D eigenvalue weighted by atomic mass is 16.5. The van der Waals surface area contributed by atoms with E-state index in [-0.39, 0.29) is 19.0 Å². The van der Waals surface area contributed by atoms with Gasteiger partial charge in [0.2, 0.25) is 5.75 Å². The number of benzene rings is 2. The van der Waals surface area contributed by atoms with Crippen LogP contribution in [0.4, 0.5) is 0 Å². The molecule has 0 spiro atoms. The maximum absolute atomic E-state index is 12.3. The summed E-state index contributed by atoms with van der Waals surface area (Å²) in [7, 11) is 3.22. The van der Waals surface area contributed by atoms with Crippen LogP contribution in [0.5, 0.6) is 23.0 Å². The third-order valence-corrected chi connectivity index (χ3v) is 5.06. The van der Waals surface area contributed by atoms with E-state index in [0.717, 1.165) is 22.3 Å². The number of hydrogen-bond acceptors (Lipinski definition) is 6. The minimum absolute atomic E-state index is 0.206. The number of esters is 1. The van der Waals surface area contributed by atoms with E-state index >= 15 is 0 Å². The second-order valence-corrected chi connectivity index (χ2v) is 7.52. The second kappa shape index (κ2) is 10.8. The zero-order valence-electron chi connectivity index (χ0n) is 18.7. The van der Waals surface area contributed by atoms with Crippen LogP contribution in [0.3, 0.4) is 0 Å². The van der Waals surface area contributed by atoms with Crippen LogP contribution in [0.1, 0.15) is 37.0 Å². The van der Waals surface area contributed by atoms with E-state index in [1.807, 2.05) is 50.3 Å². The maximum atomic E-state index is 12.3. The molecule has 0 unspecified atom stereocenters. The summed E-state index contributed by atoms with van der Waals surface area (Å²) in [5.41, 5.74) is 3.87. The minimum Gasteiger partial charge on any atom is -0.496 e. The Hall–Kier alpha value is -3.15. The van der Waals surface area contributed by atoms with E-state index in [1.165, 1.54) is 0 Å². The van der Waals surface area contributed by atoms with Crippen molar-refractivity contribution >= 4 is 5.97 Å². The smallest absolute Gasteiger partial charge is 0.306 e. The summed E-state index contributed by atoms with van der Waals surface area (Å²) in [6, 6.07) is 9.88. The van der Waals surface area contributed by atoms with Crippen LogP contribution < -0.4 is 18.9 Å². The Morgan fingerprint density at radius 2 is 1.81 bits per heavy atom. The Balaban J connectivity index is 1.89. The monoisotopic (exact) mass is 426 g/mol. The SMILES string of the molecule is COc1c2c(c(OC)c(OCc3ccccc3)c1CCC(=O)OCC=C(C)C)OCC2. The van der Waals surface area contributed by atoms with Crippen LogP contribution in [0.2, 0.25) is 0 Å². The number of fused-ring (bicyclic) bond motifs is 1. The number of allylic oxidation sites excluding steroid dienone is 1. The van der Waals surface area contributed by atoms with Gasteiger partial charge in [0.15, 0.2) is 11.5 Å². The molecule has 0 aliphatic carbocycles. The van der Waals surface area contributed by atoms with E-state index in [4.69, 9.17) is 23.7 Å². The van der Waals surface area contributed by atoms with Crippen LogP contribution in [-0.2, 0) is 29.0 Å². The fourth-order valence-corrected chi connectivity index (χ4v) is 3.54. The summed E-state index contributed by atoms with van der Waals surface area (Å²) in [4.78, 5) is 12.3. The molecule has 0 aromatic heterocycles. The van der Waals surface area contributed by atoms with Crippen LogP contribution in [0, 0.1) is 0 Å². The zero-order valence-corrected chi connectivity index (χ0v) is 18.7. The Morgan fingerprint density at radius 3 is 2.48 bits per heavy atom. The van der Waals surface area contributed by atoms with Crippen molar-refractivity contribution in [3.63, 3.8) is 0 Å². The Labute approximate surface area is 183 Å². The van der Waals surface area contributed by atoms with Crippen molar-refractivity contribution in [3.8, 4) is 23.0 Å². The van der Waals surface area contributed by atoms with Gasteiger partial charge in [0.1, 0.15) is 19.0 Å². The highest BCUT2D eigenvalue weighted by Gasteiger charge is 2.31. The summed E-state index contributed by atoms with van der Waals surface area (Å²) >= 11 is 0. The van der Waals surface area contributed by atoms with Crippen LogP contribution in [0.25, 0.3) is 0 Å². The number of carbonyl (C=O) groups excluding carboxylic acids is 1. The molecule has 0 bridgehead atoms. The third-order valence-electron chi connectivity index (χ3n) is 5.06. The standard InChI is InChI=1S/C25H30O6/c1-17(2)12-14-29-21(26)11-10-19-22(27-3)20-13-15-30-23(20)25(28-4)24(19)31-16-18-8-6-5-7-9-18/h5-9,12H,10-11,13-16H2,1-4H3. The van der Waals surface area contributed by atoms with Crippen molar-refractivity contribution < 1.29 is 28.5 Å². The van der Waals surface area contributed by atoms with Gasteiger partial charge in [0.05, 0.1) is 20.8 Å².